The van der Waals surface area contributed by atoms with E-state index in [1.807, 2.05) is 24.3 Å². The lowest BCUT2D eigenvalue weighted by atomic mass is 9.98. The van der Waals surface area contributed by atoms with Gasteiger partial charge in [-0.15, -0.1) is 0 Å². The number of nitrogens with one attached hydrogen (secondary N) is 1. The molecule has 132 valence electrons. The monoisotopic (exact) mass is 341 g/mol. The summed E-state index contributed by atoms with van der Waals surface area (Å²) in [4.78, 5) is 18.0. The number of amides is 1. The number of ether oxygens (including phenoxy) is 2. The number of hydrogen-bond acceptors (Lipinski definition) is 5. The van der Waals surface area contributed by atoms with Crippen LogP contribution in [0.5, 0.6) is 11.5 Å². The molecule has 6 heteroatoms. The summed E-state index contributed by atoms with van der Waals surface area (Å²) in [5.74, 6) is 1.84. The van der Waals surface area contributed by atoms with E-state index in [0.29, 0.717) is 6.61 Å². The number of carbonyl (C=O) groups excluding carboxylic acids is 1. The molecule has 1 saturated heterocycles. The molecule has 2 heterocycles. The molecule has 1 aromatic heterocycles. The van der Waals surface area contributed by atoms with E-state index >= 15 is 0 Å². The van der Waals surface area contributed by atoms with Gasteiger partial charge in [0.05, 0.1) is 18.7 Å². The van der Waals surface area contributed by atoms with Crippen LogP contribution in [-0.4, -0.2) is 43.0 Å². The second kappa shape index (κ2) is 7.98. The van der Waals surface area contributed by atoms with Crippen LogP contribution in [0.3, 0.4) is 0 Å². The molecule has 0 spiro atoms. The molecule has 3 rings (SSSR count). The predicted octanol–water partition coefficient (Wildman–Crippen LogP) is 1.85. The molecule has 0 atom stereocenters. The van der Waals surface area contributed by atoms with E-state index in [0.717, 1.165) is 36.8 Å². The first-order chi connectivity index (χ1) is 12.2. The maximum atomic E-state index is 11.5. The van der Waals surface area contributed by atoms with Gasteiger partial charge in [-0.05, 0) is 23.8 Å². The Bertz CT molecular complexity index is 712. The smallest absolute Gasteiger partial charge is 0.225 e. The predicted molar refractivity (Wildman–Crippen MR) is 94.4 cm³/mol. The molecule has 2 aromatic rings. The molecule has 1 amide bonds. The number of hydrogen-bond donors (Lipinski definition) is 1. The quantitative estimate of drug-likeness (QED) is 0.833. The van der Waals surface area contributed by atoms with Gasteiger partial charge in [0.25, 0.3) is 0 Å². The van der Waals surface area contributed by atoms with Gasteiger partial charge in [-0.25, -0.2) is 0 Å². The molecular weight excluding hydrogens is 318 g/mol. The lowest BCUT2D eigenvalue weighted by Crippen LogP contribution is -2.52. The Balaban J connectivity index is 1.47. The van der Waals surface area contributed by atoms with Gasteiger partial charge in [0.2, 0.25) is 5.91 Å². The van der Waals surface area contributed by atoms with Crippen LogP contribution >= 0.6 is 0 Å². The molecule has 1 fully saturated rings. The molecule has 0 saturated carbocycles. The van der Waals surface area contributed by atoms with Gasteiger partial charge in [0.1, 0.15) is 18.1 Å². The van der Waals surface area contributed by atoms with Gasteiger partial charge in [-0.2, -0.15) is 0 Å². The van der Waals surface area contributed by atoms with Crippen molar-refractivity contribution in [3.63, 3.8) is 0 Å². The lowest BCUT2D eigenvalue weighted by Gasteiger charge is -2.38. The summed E-state index contributed by atoms with van der Waals surface area (Å²) in [6, 6.07) is 11.7. The summed E-state index contributed by atoms with van der Waals surface area (Å²) in [7, 11) is 3.32. The number of rotatable bonds is 7. The van der Waals surface area contributed by atoms with Gasteiger partial charge < -0.3 is 14.8 Å². The highest BCUT2D eigenvalue weighted by Crippen LogP contribution is 2.21. The Morgan fingerprint density at radius 1 is 1.24 bits per heavy atom. The highest BCUT2D eigenvalue weighted by molar-refractivity contribution is 5.79. The maximum Gasteiger partial charge on any atom is 0.225 e. The number of nitrogens with zero attached hydrogens (tertiary/aromatic N) is 2. The molecular formula is C19H23N3O3. The van der Waals surface area contributed by atoms with Gasteiger partial charge in [0.15, 0.2) is 0 Å². The fraction of sp³-hybridized carbons (Fsp3) is 0.368. The van der Waals surface area contributed by atoms with Crippen molar-refractivity contribution < 1.29 is 14.3 Å². The normalized spacial score (nSPS) is 14.6. The fourth-order valence-corrected chi connectivity index (χ4v) is 2.84. The third kappa shape index (κ3) is 4.48. The number of benzene rings is 1. The van der Waals surface area contributed by atoms with Gasteiger partial charge in [-0.3, -0.25) is 14.7 Å². The third-order valence-electron chi connectivity index (χ3n) is 4.31. The van der Waals surface area contributed by atoms with Crippen molar-refractivity contribution in [1.82, 2.24) is 15.2 Å². The topological polar surface area (TPSA) is 63.7 Å². The van der Waals surface area contributed by atoms with Crippen molar-refractivity contribution in [2.45, 2.75) is 13.2 Å². The minimum atomic E-state index is 0.128. The molecule has 0 radical (unpaired) electrons. The average molecular weight is 341 g/mol. The summed E-state index contributed by atoms with van der Waals surface area (Å²) in [6.07, 6.45) is 1.71. The Morgan fingerprint density at radius 3 is 2.68 bits per heavy atom. The number of likely N-dealkylation sites (tertiary alicyclic amines) is 1. The molecule has 1 N–H and O–H groups in total. The highest BCUT2D eigenvalue weighted by Gasteiger charge is 2.31. The summed E-state index contributed by atoms with van der Waals surface area (Å²) in [5.41, 5.74) is 2.03. The fourth-order valence-electron chi connectivity index (χ4n) is 2.84. The van der Waals surface area contributed by atoms with Crippen molar-refractivity contribution in [3.8, 4) is 11.5 Å². The van der Waals surface area contributed by atoms with Gasteiger partial charge in [0, 0.05) is 38.9 Å². The number of aromatic nitrogens is 1. The van der Waals surface area contributed by atoms with Crippen LogP contribution in [-0.2, 0) is 17.9 Å². The van der Waals surface area contributed by atoms with Gasteiger partial charge >= 0.3 is 0 Å². The van der Waals surface area contributed by atoms with E-state index in [-0.39, 0.29) is 11.8 Å². The van der Waals surface area contributed by atoms with Crippen LogP contribution in [0.4, 0.5) is 0 Å². The molecule has 1 aliphatic rings. The third-order valence-corrected chi connectivity index (χ3v) is 4.31. The first-order valence-corrected chi connectivity index (χ1v) is 8.32. The maximum absolute atomic E-state index is 11.5. The van der Waals surface area contributed by atoms with Crippen molar-refractivity contribution in [3.05, 3.63) is 53.9 Å². The zero-order chi connectivity index (χ0) is 17.6. The van der Waals surface area contributed by atoms with Crippen LogP contribution in [0, 0.1) is 5.92 Å². The number of pyridine rings is 1. The van der Waals surface area contributed by atoms with Crippen molar-refractivity contribution in [1.29, 1.82) is 0 Å². The Morgan fingerprint density at radius 2 is 2.00 bits per heavy atom. The van der Waals surface area contributed by atoms with Crippen LogP contribution in [0.25, 0.3) is 0 Å². The molecule has 0 bridgehead atoms. The number of methoxy groups -OCH3 is 1. The SMILES string of the molecule is CNC(=O)C1CN(Cc2ccc(OCc3cc(OC)ccn3)cc2)C1. The first-order valence-electron chi connectivity index (χ1n) is 8.32. The Kier molecular flexibility index (Phi) is 5.50. The standard InChI is InChI=1S/C19H23N3O3/c1-20-19(23)15-11-22(12-15)10-14-3-5-17(6-4-14)25-13-16-9-18(24-2)7-8-21-16/h3-9,15H,10-13H2,1-2H3,(H,20,23). The van der Waals surface area contributed by atoms with Crippen molar-refractivity contribution in [2.24, 2.45) is 5.92 Å². The van der Waals surface area contributed by atoms with E-state index < -0.39 is 0 Å². The summed E-state index contributed by atoms with van der Waals surface area (Å²) >= 11 is 0. The second-order valence-electron chi connectivity index (χ2n) is 6.12. The summed E-state index contributed by atoms with van der Waals surface area (Å²) in [6.45, 7) is 2.89. The van der Waals surface area contributed by atoms with Crippen LogP contribution in [0.15, 0.2) is 42.6 Å². The largest absolute Gasteiger partial charge is 0.497 e. The molecule has 0 aliphatic carbocycles. The van der Waals surface area contributed by atoms with Crippen molar-refractivity contribution >= 4 is 5.91 Å². The first kappa shape index (κ1) is 17.2. The molecule has 25 heavy (non-hydrogen) atoms. The average Bonchev–Trinajstić information content (AvgIpc) is 2.63. The zero-order valence-electron chi connectivity index (χ0n) is 14.6. The molecule has 0 unspecified atom stereocenters. The van der Waals surface area contributed by atoms with E-state index in [4.69, 9.17) is 9.47 Å². The summed E-state index contributed by atoms with van der Waals surface area (Å²) in [5, 5.41) is 2.70. The summed E-state index contributed by atoms with van der Waals surface area (Å²) < 4.78 is 11.0. The highest BCUT2D eigenvalue weighted by atomic mass is 16.5. The van der Waals surface area contributed by atoms with E-state index in [2.05, 4.69) is 27.3 Å². The Hall–Kier alpha value is -2.60. The van der Waals surface area contributed by atoms with E-state index in [1.165, 1.54) is 5.56 Å². The zero-order valence-corrected chi connectivity index (χ0v) is 14.6. The molecule has 1 aromatic carbocycles. The molecule has 6 nitrogen and oxygen atoms in total. The van der Waals surface area contributed by atoms with Gasteiger partial charge in [-0.1, -0.05) is 12.1 Å². The van der Waals surface area contributed by atoms with Crippen LogP contribution in [0.2, 0.25) is 0 Å². The lowest BCUT2D eigenvalue weighted by molar-refractivity contribution is -0.129. The van der Waals surface area contributed by atoms with Crippen molar-refractivity contribution in [2.75, 3.05) is 27.2 Å². The number of carbonyl (C=O) groups is 1. The minimum absolute atomic E-state index is 0.128. The van der Waals surface area contributed by atoms with Crippen LogP contribution in [0.1, 0.15) is 11.3 Å². The van der Waals surface area contributed by atoms with E-state index in [1.54, 1.807) is 20.4 Å². The second-order valence-corrected chi connectivity index (χ2v) is 6.12. The Labute approximate surface area is 147 Å². The van der Waals surface area contributed by atoms with E-state index in [9.17, 15) is 4.79 Å². The molecule has 1 aliphatic heterocycles. The van der Waals surface area contributed by atoms with Crippen LogP contribution < -0.4 is 14.8 Å². The minimum Gasteiger partial charge on any atom is -0.497 e.